The van der Waals surface area contributed by atoms with E-state index in [2.05, 4.69) is 18.0 Å². The number of carbonyl (C=O) groups excluding carboxylic acids is 1. The minimum atomic E-state index is -0.149. The number of fused-ring (bicyclic) bond motifs is 1. The summed E-state index contributed by atoms with van der Waals surface area (Å²) in [5, 5.41) is 0. The van der Waals surface area contributed by atoms with E-state index in [4.69, 9.17) is 4.74 Å². The summed E-state index contributed by atoms with van der Waals surface area (Å²) in [5.74, 6) is 1.05. The van der Waals surface area contributed by atoms with Crippen LogP contribution < -0.4 is 4.74 Å². The predicted octanol–water partition coefficient (Wildman–Crippen LogP) is 2.15. The van der Waals surface area contributed by atoms with Crippen LogP contribution >= 0.6 is 0 Å². The topological polar surface area (TPSA) is 29.5 Å². The molecule has 1 fully saturated rings. The lowest BCUT2D eigenvalue weighted by Gasteiger charge is -2.36. The summed E-state index contributed by atoms with van der Waals surface area (Å²) in [4.78, 5) is 15.1. The van der Waals surface area contributed by atoms with Gasteiger partial charge in [0.05, 0.1) is 12.7 Å². The maximum absolute atomic E-state index is 12.8. The van der Waals surface area contributed by atoms with Gasteiger partial charge in [0.25, 0.3) is 0 Å². The molecule has 0 bridgehead atoms. The van der Waals surface area contributed by atoms with Crippen LogP contribution in [0.1, 0.15) is 28.8 Å². The van der Waals surface area contributed by atoms with Gasteiger partial charge in [0, 0.05) is 5.41 Å². The second-order valence-electron chi connectivity index (χ2n) is 5.58. The van der Waals surface area contributed by atoms with Crippen molar-refractivity contribution in [3.63, 3.8) is 0 Å². The van der Waals surface area contributed by atoms with E-state index in [1.807, 2.05) is 12.1 Å². The zero-order valence-electron chi connectivity index (χ0n) is 11.0. The van der Waals surface area contributed by atoms with Crippen LogP contribution in [-0.2, 0) is 6.42 Å². The summed E-state index contributed by atoms with van der Waals surface area (Å²) in [6.45, 7) is 2.03. The van der Waals surface area contributed by atoms with Crippen molar-refractivity contribution in [2.75, 3.05) is 27.2 Å². The quantitative estimate of drug-likeness (QED) is 0.759. The van der Waals surface area contributed by atoms with Gasteiger partial charge in [-0.2, -0.15) is 0 Å². The second kappa shape index (κ2) is 4.09. The fourth-order valence-corrected chi connectivity index (χ4v) is 3.31. The van der Waals surface area contributed by atoms with E-state index in [1.54, 1.807) is 7.11 Å². The van der Waals surface area contributed by atoms with Crippen LogP contribution in [0.25, 0.3) is 0 Å². The molecular weight excluding hydrogens is 226 g/mol. The zero-order chi connectivity index (χ0) is 12.8. The van der Waals surface area contributed by atoms with E-state index in [9.17, 15) is 4.79 Å². The van der Waals surface area contributed by atoms with Crippen molar-refractivity contribution in [1.82, 2.24) is 4.90 Å². The molecule has 2 aliphatic rings. The van der Waals surface area contributed by atoms with Gasteiger partial charge < -0.3 is 9.64 Å². The lowest BCUT2D eigenvalue weighted by atomic mass is 9.75. The summed E-state index contributed by atoms with van der Waals surface area (Å²) >= 11 is 0. The predicted molar refractivity (Wildman–Crippen MR) is 70.2 cm³/mol. The van der Waals surface area contributed by atoms with Crippen molar-refractivity contribution in [3.05, 3.63) is 29.3 Å². The molecule has 1 aliphatic heterocycles. The van der Waals surface area contributed by atoms with Crippen LogP contribution in [0.15, 0.2) is 18.2 Å². The van der Waals surface area contributed by atoms with Crippen molar-refractivity contribution in [2.24, 2.45) is 5.41 Å². The van der Waals surface area contributed by atoms with E-state index < -0.39 is 0 Å². The SMILES string of the molecule is COc1cccc2c1C(=O)C1(CCN(C)CC1)C2. The molecule has 1 saturated heterocycles. The van der Waals surface area contributed by atoms with Gasteiger partial charge in [-0.05, 0) is 51.0 Å². The van der Waals surface area contributed by atoms with Gasteiger partial charge >= 0.3 is 0 Å². The van der Waals surface area contributed by atoms with Gasteiger partial charge in [0.15, 0.2) is 5.78 Å². The molecule has 1 aliphatic carbocycles. The average molecular weight is 245 g/mol. The number of methoxy groups -OCH3 is 1. The van der Waals surface area contributed by atoms with E-state index in [-0.39, 0.29) is 5.41 Å². The maximum atomic E-state index is 12.8. The van der Waals surface area contributed by atoms with Crippen molar-refractivity contribution in [3.8, 4) is 5.75 Å². The van der Waals surface area contributed by atoms with E-state index in [0.29, 0.717) is 5.78 Å². The first-order chi connectivity index (χ1) is 8.66. The van der Waals surface area contributed by atoms with Gasteiger partial charge in [-0.3, -0.25) is 4.79 Å². The van der Waals surface area contributed by atoms with Gasteiger partial charge in [-0.25, -0.2) is 0 Å². The van der Waals surface area contributed by atoms with Crippen LogP contribution in [0.5, 0.6) is 5.75 Å². The highest BCUT2D eigenvalue weighted by Crippen LogP contribution is 2.46. The molecule has 3 rings (SSSR count). The number of hydrogen-bond donors (Lipinski definition) is 0. The minimum Gasteiger partial charge on any atom is -0.496 e. The molecule has 1 aromatic rings. The second-order valence-corrected chi connectivity index (χ2v) is 5.58. The Kier molecular flexibility index (Phi) is 2.67. The number of nitrogens with zero attached hydrogens (tertiary/aromatic N) is 1. The molecule has 0 N–H and O–H groups in total. The monoisotopic (exact) mass is 245 g/mol. The van der Waals surface area contributed by atoms with E-state index >= 15 is 0 Å². The highest BCUT2D eigenvalue weighted by molar-refractivity contribution is 6.07. The number of hydrogen-bond acceptors (Lipinski definition) is 3. The van der Waals surface area contributed by atoms with Gasteiger partial charge in [0.2, 0.25) is 0 Å². The molecule has 0 unspecified atom stereocenters. The van der Waals surface area contributed by atoms with E-state index in [0.717, 1.165) is 43.7 Å². The van der Waals surface area contributed by atoms with Gasteiger partial charge in [-0.1, -0.05) is 12.1 Å². The summed E-state index contributed by atoms with van der Waals surface area (Å²) < 4.78 is 5.35. The summed E-state index contributed by atoms with van der Waals surface area (Å²) in [6.07, 6.45) is 2.84. The van der Waals surface area contributed by atoms with Gasteiger partial charge in [-0.15, -0.1) is 0 Å². The van der Waals surface area contributed by atoms with Crippen LogP contribution in [0.3, 0.4) is 0 Å². The minimum absolute atomic E-state index is 0.149. The van der Waals surface area contributed by atoms with Crippen molar-refractivity contribution in [1.29, 1.82) is 0 Å². The molecule has 3 heteroatoms. The lowest BCUT2D eigenvalue weighted by Crippen LogP contribution is -2.41. The Morgan fingerprint density at radius 3 is 2.67 bits per heavy atom. The summed E-state index contributed by atoms with van der Waals surface area (Å²) in [6, 6.07) is 5.95. The molecule has 0 radical (unpaired) electrons. The average Bonchev–Trinajstić information content (AvgIpc) is 2.67. The van der Waals surface area contributed by atoms with E-state index in [1.165, 1.54) is 5.56 Å². The third kappa shape index (κ3) is 1.57. The van der Waals surface area contributed by atoms with Crippen molar-refractivity contribution >= 4 is 5.78 Å². The number of likely N-dealkylation sites (tertiary alicyclic amines) is 1. The van der Waals surface area contributed by atoms with Crippen molar-refractivity contribution < 1.29 is 9.53 Å². The third-order valence-electron chi connectivity index (χ3n) is 4.51. The Morgan fingerprint density at radius 1 is 1.28 bits per heavy atom. The fraction of sp³-hybridized carbons (Fsp3) is 0.533. The van der Waals surface area contributed by atoms with Crippen LogP contribution in [0, 0.1) is 5.41 Å². The number of ether oxygens (including phenoxy) is 1. The van der Waals surface area contributed by atoms with Crippen LogP contribution in [0.2, 0.25) is 0 Å². The Hall–Kier alpha value is -1.35. The number of ketones is 1. The number of Topliss-reactive ketones (excluding diaryl/α,β-unsaturated/α-hetero) is 1. The third-order valence-corrected chi connectivity index (χ3v) is 4.51. The Balaban J connectivity index is 1.99. The molecule has 1 spiro atoms. The Labute approximate surface area is 108 Å². The largest absolute Gasteiger partial charge is 0.496 e. The van der Waals surface area contributed by atoms with Gasteiger partial charge in [0.1, 0.15) is 5.75 Å². The molecule has 0 amide bonds. The molecule has 18 heavy (non-hydrogen) atoms. The normalized spacial score (nSPS) is 22.2. The first-order valence-electron chi connectivity index (χ1n) is 6.55. The molecular formula is C15H19NO2. The summed E-state index contributed by atoms with van der Waals surface area (Å²) in [7, 11) is 3.77. The standard InChI is InChI=1S/C15H19NO2/c1-16-8-6-15(7-9-16)10-11-4-3-5-12(18-2)13(11)14(15)17/h3-5H,6-10H2,1-2H3. The molecule has 96 valence electrons. The molecule has 3 nitrogen and oxygen atoms in total. The fourth-order valence-electron chi connectivity index (χ4n) is 3.31. The smallest absolute Gasteiger partial charge is 0.173 e. The lowest BCUT2D eigenvalue weighted by molar-refractivity contribution is 0.0669. The highest BCUT2D eigenvalue weighted by Gasteiger charge is 2.47. The van der Waals surface area contributed by atoms with Crippen LogP contribution in [-0.4, -0.2) is 37.9 Å². The number of piperidine rings is 1. The first kappa shape index (κ1) is 11.7. The molecule has 0 aromatic heterocycles. The number of carbonyl (C=O) groups is 1. The molecule has 1 heterocycles. The van der Waals surface area contributed by atoms with Crippen molar-refractivity contribution in [2.45, 2.75) is 19.3 Å². The molecule has 0 saturated carbocycles. The number of rotatable bonds is 1. The maximum Gasteiger partial charge on any atom is 0.173 e. The number of benzene rings is 1. The highest BCUT2D eigenvalue weighted by atomic mass is 16.5. The Morgan fingerprint density at radius 2 is 2.00 bits per heavy atom. The molecule has 1 aromatic carbocycles. The van der Waals surface area contributed by atoms with Crippen LogP contribution in [0.4, 0.5) is 0 Å². The first-order valence-corrected chi connectivity index (χ1v) is 6.55. The summed E-state index contributed by atoms with van der Waals surface area (Å²) in [5.41, 5.74) is 1.86. The Bertz CT molecular complexity index is 487. The molecule has 0 atom stereocenters. The zero-order valence-corrected chi connectivity index (χ0v) is 11.0.